The average Bonchev–Trinajstić information content (AvgIpc) is 1.99. The van der Waals surface area contributed by atoms with Gasteiger partial charge in [0.2, 0.25) is 6.23 Å². The number of rotatable bonds is 4. The SMILES string of the molecule is COC(=O)CCC(O)[NH+]([O-])O. The molecule has 0 aliphatic carbocycles. The van der Waals surface area contributed by atoms with Crippen molar-refractivity contribution in [1.82, 2.24) is 0 Å². The van der Waals surface area contributed by atoms with Gasteiger partial charge in [0.1, 0.15) is 0 Å². The lowest BCUT2D eigenvalue weighted by atomic mass is 10.3. The van der Waals surface area contributed by atoms with E-state index in [0.29, 0.717) is 0 Å². The monoisotopic (exact) mass is 165 g/mol. The Morgan fingerprint density at radius 3 is 2.73 bits per heavy atom. The number of hydrogen-bond donors (Lipinski definition) is 3. The molecule has 0 spiro atoms. The summed E-state index contributed by atoms with van der Waals surface area (Å²) in [4.78, 5) is 10.4. The lowest BCUT2D eigenvalue weighted by Gasteiger charge is -2.17. The minimum atomic E-state index is -1.48. The van der Waals surface area contributed by atoms with Gasteiger partial charge >= 0.3 is 5.97 Å². The van der Waals surface area contributed by atoms with Crippen molar-refractivity contribution in [2.45, 2.75) is 19.1 Å². The maximum atomic E-state index is 10.4. The number of quaternary nitrogens is 1. The number of hydroxylamine groups is 2. The Morgan fingerprint density at radius 2 is 2.36 bits per heavy atom. The third kappa shape index (κ3) is 4.68. The van der Waals surface area contributed by atoms with Crippen molar-refractivity contribution in [2.75, 3.05) is 7.11 Å². The predicted molar refractivity (Wildman–Crippen MR) is 33.4 cm³/mol. The van der Waals surface area contributed by atoms with E-state index >= 15 is 0 Å². The summed E-state index contributed by atoms with van der Waals surface area (Å²) >= 11 is 0. The standard InChI is InChI=1S/C5H11NO5/c1-11-5(8)3-2-4(7)6(9)10/h4,6-7,9H,2-3H2,1H3. The lowest BCUT2D eigenvalue weighted by molar-refractivity contribution is -1.08. The van der Waals surface area contributed by atoms with Gasteiger partial charge in [0, 0.05) is 6.42 Å². The van der Waals surface area contributed by atoms with Crippen LogP contribution in [0, 0.1) is 5.21 Å². The van der Waals surface area contributed by atoms with Gasteiger partial charge in [-0.25, -0.2) is 10.4 Å². The molecule has 6 heteroatoms. The normalized spacial score (nSPS) is 15.6. The molecule has 2 atom stereocenters. The maximum Gasteiger partial charge on any atom is 0.305 e. The zero-order valence-electron chi connectivity index (χ0n) is 6.11. The molecule has 0 aromatic carbocycles. The zero-order chi connectivity index (χ0) is 8.85. The number of aliphatic hydroxyl groups excluding tert-OH is 1. The number of hydrogen-bond acceptors (Lipinski definition) is 5. The molecule has 0 rings (SSSR count). The number of carbonyl (C=O) groups is 1. The minimum absolute atomic E-state index is 0.0794. The first-order valence-electron chi connectivity index (χ1n) is 3.05. The molecule has 0 heterocycles. The second kappa shape index (κ2) is 5.03. The van der Waals surface area contributed by atoms with Crippen LogP contribution in [0.5, 0.6) is 0 Å². The van der Waals surface area contributed by atoms with E-state index in [-0.39, 0.29) is 12.8 Å². The van der Waals surface area contributed by atoms with Gasteiger partial charge in [-0.2, -0.15) is 0 Å². The molecule has 0 fully saturated rings. The van der Waals surface area contributed by atoms with Gasteiger partial charge in [0.15, 0.2) is 0 Å². The van der Waals surface area contributed by atoms with Crippen LogP contribution < -0.4 is 5.23 Å². The maximum absolute atomic E-state index is 10.4. The van der Waals surface area contributed by atoms with E-state index in [9.17, 15) is 10.0 Å². The van der Waals surface area contributed by atoms with E-state index in [0.717, 1.165) is 0 Å². The molecule has 0 saturated heterocycles. The first-order valence-corrected chi connectivity index (χ1v) is 3.05. The third-order valence-electron chi connectivity index (χ3n) is 1.13. The summed E-state index contributed by atoms with van der Waals surface area (Å²) < 4.78 is 4.24. The molecule has 2 unspecified atom stereocenters. The minimum Gasteiger partial charge on any atom is -0.598 e. The fraction of sp³-hybridized carbons (Fsp3) is 0.800. The molecular formula is C5H11NO5. The van der Waals surface area contributed by atoms with E-state index in [1.165, 1.54) is 7.11 Å². The first kappa shape index (κ1) is 10.3. The number of carbonyl (C=O) groups excluding carboxylic acids is 1. The molecule has 3 N–H and O–H groups in total. The highest BCUT2D eigenvalue weighted by atomic mass is 16.8. The molecule has 0 aromatic heterocycles. The summed E-state index contributed by atoms with van der Waals surface area (Å²) in [6.07, 6.45) is -1.67. The van der Waals surface area contributed by atoms with E-state index in [1.807, 2.05) is 0 Å². The zero-order valence-corrected chi connectivity index (χ0v) is 6.11. The third-order valence-corrected chi connectivity index (χ3v) is 1.13. The second-order valence-corrected chi connectivity index (χ2v) is 1.97. The van der Waals surface area contributed by atoms with Crippen LogP contribution in [0.1, 0.15) is 12.8 Å². The molecule has 0 aliphatic rings. The van der Waals surface area contributed by atoms with E-state index < -0.39 is 17.4 Å². The Balaban J connectivity index is 3.45. The lowest BCUT2D eigenvalue weighted by Crippen LogP contribution is -3.09. The van der Waals surface area contributed by atoms with Crippen LogP contribution in [0.3, 0.4) is 0 Å². The molecule has 0 radical (unpaired) electrons. The Bertz CT molecular complexity index is 126. The number of methoxy groups -OCH3 is 1. The summed E-state index contributed by atoms with van der Waals surface area (Å²) in [5.74, 6) is -0.523. The Morgan fingerprint density at radius 1 is 1.82 bits per heavy atom. The van der Waals surface area contributed by atoms with Gasteiger partial charge in [-0.3, -0.25) is 4.79 Å². The highest BCUT2D eigenvalue weighted by molar-refractivity contribution is 5.69. The van der Waals surface area contributed by atoms with Crippen LogP contribution in [0.25, 0.3) is 0 Å². The predicted octanol–water partition coefficient (Wildman–Crippen LogP) is -1.97. The first-order chi connectivity index (χ1) is 5.07. The molecular weight excluding hydrogens is 154 g/mol. The molecule has 0 bridgehead atoms. The Kier molecular flexibility index (Phi) is 4.71. The summed E-state index contributed by atoms with van der Waals surface area (Å²) in [6.45, 7) is 0. The van der Waals surface area contributed by atoms with Crippen LogP contribution in [0.15, 0.2) is 0 Å². The van der Waals surface area contributed by atoms with Crippen molar-refractivity contribution in [2.24, 2.45) is 0 Å². The van der Waals surface area contributed by atoms with E-state index in [4.69, 9.17) is 10.3 Å². The molecule has 0 saturated carbocycles. The number of aliphatic hydroxyl groups is 1. The highest BCUT2D eigenvalue weighted by Gasteiger charge is 2.12. The Hall–Kier alpha value is -0.690. The van der Waals surface area contributed by atoms with Crippen LogP contribution >= 0.6 is 0 Å². The van der Waals surface area contributed by atoms with E-state index in [1.54, 1.807) is 0 Å². The van der Waals surface area contributed by atoms with Crippen LogP contribution in [0.4, 0.5) is 0 Å². The molecule has 66 valence electrons. The topological polar surface area (TPSA) is 94.3 Å². The quantitative estimate of drug-likeness (QED) is 0.255. The average molecular weight is 165 g/mol. The summed E-state index contributed by atoms with van der Waals surface area (Å²) in [6, 6.07) is 0. The van der Waals surface area contributed by atoms with Gasteiger partial charge in [0.05, 0.1) is 13.5 Å². The number of ether oxygens (including phenoxy) is 1. The second-order valence-electron chi connectivity index (χ2n) is 1.97. The van der Waals surface area contributed by atoms with Crippen molar-refractivity contribution in [3.05, 3.63) is 5.21 Å². The fourth-order valence-corrected chi connectivity index (χ4v) is 0.480. The summed E-state index contributed by atoms with van der Waals surface area (Å²) in [5, 5.41) is 25.5. The van der Waals surface area contributed by atoms with Gasteiger partial charge in [-0.15, -0.1) is 0 Å². The van der Waals surface area contributed by atoms with Crippen molar-refractivity contribution in [1.29, 1.82) is 0 Å². The highest BCUT2D eigenvalue weighted by Crippen LogP contribution is 1.92. The largest absolute Gasteiger partial charge is 0.598 e. The van der Waals surface area contributed by atoms with Crippen LogP contribution in [0.2, 0.25) is 0 Å². The molecule has 6 nitrogen and oxygen atoms in total. The molecule has 0 aliphatic heterocycles. The van der Waals surface area contributed by atoms with E-state index in [2.05, 4.69) is 4.74 Å². The number of nitrogens with one attached hydrogen (secondary N) is 1. The molecule has 0 amide bonds. The van der Waals surface area contributed by atoms with Gasteiger partial charge in [0.25, 0.3) is 0 Å². The van der Waals surface area contributed by atoms with Crippen LogP contribution in [-0.2, 0) is 9.53 Å². The number of esters is 1. The van der Waals surface area contributed by atoms with Crippen molar-refractivity contribution < 1.29 is 25.1 Å². The summed E-state index contributed by atoms with van der Waals surface area (Å²) in [5.41, 5.74) is 0. The fourth-order valence-electron chi connectivity index (χ4n) is 0.480. The van der Waals surface area contributed by atoms with Crippen molar-refractivity contribution >= 4 is 5.97 Å². The van der Waals surface area contributed by atoms with Gasteiger partial charge in [-0.05, 0) is 0 Å². The van der Waals surface area contributed by atoms with Gasteiger partial charge < -0.3 is 15.1 Å². The summed E-state index contributed by atoms with van der Waals surface area (Å²) in [7, 11) is 1.20. The molecule has 11 heavy (non-hydrogen) atoms. The smallest absolute Gasteiger partial charge is 0.305 e. The molecule has 0 aromatic rings. The van der Waals surface area contributed by atoms with Crippen molar-refractivity contribution in [3.63, 3.8) is 0 Å². The van der Waals surface area contributed by atoms with Crippen molar-refractivity contribution in [3.8, 4) is 0 Å². The van der Waals surface area contributed by atoms with Gasteiger partial charge in [-0.1, -0.05) is 0 Å². The van der Waals surface area contributed by atoms with Crippen LogP contribution in [-0.4, -0.2) is 29.6 Å². The Labute approximate surface area is 63.5 Å².